The Kier molecular flexibility index (Phi) is 12.2. The number of amides is 1. The van der Waals surface area contributed by atoms with Gasteiger partial charge in [-0.25, -0.2) is 23.3 Å². The molecule has 3 atom stereocenters. The molecule has 0 aromatic carbocycles. The third kappa shape index (κ3) is 9.40. The minimum Gasteiger partial charge on any atom is -0.381 e. The summed E-state index contributed by atoms with van der Waals surface area (Å²) in [5.74, 6) is -5.23. The van der Waals surface area contributed by atoms with E-state index in [2.05, 4.69) is 25.6 Å². The second-order valence-electron chi connectivity index (χ2n) is 13.7. The highest BCUT2D eigenvalue weighted by Gasteiger charge is 2.45. The van der Waals surface area contributed by atoms with Gasteiger partial charge in [-0.3, -0.25) is 14.3 Å². The van der Waals surface area contributed by atoms with E-state index in [1.807, 2.05) is 14.1 Å². The number of nitrogens with zero attached hydrogens (tertiary/aromatic N) is 7. The Bertz CT molecular complexity index is 1580. The van der Waals surface area contributed by atoms with Crippen molar-refractivity contribution in [2.45, 2.75) is 82.0 Å². The molecule has 3 aliphatic rings. The molecule has 12 nitrogen and oxygen atoms in total. The van der Waals surface area contributed by atoms with E-state index in [0.717, 1.165) is 19.4 Å². The molecule has 2 N–H and O–H groups in total. The van der Waals surface area contributed by atoms with Gasteiger partial charge >= 0.3 is 6.18 Å². The number of nitrogens with one attached hydrogen (secondary N) is 2. The Balaban J connectivity index is 0.000000343. The number of rotatable bonds is 10. The van der Waals surface area contributed by atoms with Crippen LogP contribution < -0.4 is 10.6 Å². The lowest BCUT2D eigenvalue weighted by molar-refractivity contribution is -0.183. The van der Waals surface area contributed by atoms with E-state index >= 15 is 0 Å². The summed E-state index contributed by atoms with van der Waals surface area (Å²) in [6, 6.07) is 1.45. The fourth-order valence-electron chi connectivity index (χ4n) is 6.98. The molecule has 2 saturated heterocycles. The molecule has 3 fully saturated rings. The summed E-state index contributed by atoms with van der Waals surface area (Å²) < 4.78 is 76.4. The molecule has 0 bridgehead atoms. The van der Waals surface area contributed by atoms with Gasteiger partial charge in [0.05, 0.1) is 41.8 Å². The fourth-order valence-corrected chi connectivity index (χ4v) is 6.98. The Hall–Kier alpha value is -3.57. The van der Waals surface area contributed by atoms with Crippen LogP contribution in [0.4, 0.5) is 22.0 Å². The molecule has 1 aliphatic carbocycles. The quantitative estimate of drug-likeness (QED) is 0.235. The van der Waals surface area contributed by atoms with Gasteiger partial charge in [0.25, 0.3) is 5.78 Å². The van der Waals surface area contributed by atoms with Crippen LogP contribution in [0.1, 0.15) is 84.5 Å². The summed E-state index contributed by atoms with van der Waals surface area (Å²) in [6.07, 6.45) is 1.27. The number of piperidine rings is 1. The molecule has 0 spiro atoms. The van der Waals surface area contributed by atoms with E-state index < -0.39 is 36.4 Å². The number of halogens is 5. The molecule has 17 heteroatoms. The van der Waals surface area contributed by atoms with E-state index in [0.29, 0.717) is 67.5 Å². The van der Waals surface area contributed by atoms with Crippen LogP contribution in [0.3, 0.4) is 0 Å². The lowest BCUT2D eigenvalue weighted by atomic mass is 9.81. The summed E-state index contributed by atoms with van der Waals surface area (Å²) >= 11 is 0. The van der Waals surface area contributed by atoms with E-state index in [9.17, 15) is 31.5 Å². The van der Waals surface area contributed by atoms with E-state index in [-0.39, 0.29) is 43.6 Å². The number of aromatic nitrogens is 6. The van der Waals surface area contributed by atoms with Crippen LogP contribution in [0.25, 0.3) is 5.78 Å². The maximum absolute atomic E-state index is 13.7. The van der Waals surface area contributed by atoms with E-state index in [1.54, 1.807) is 30.2 Å². The van der Waals surface area contributed by atoms with Gasteiger partial charge in [-0.1, -0.05) is 0 Å². The number of fused-ring (bicyclic) bond motifs is 1. The Labute approximate surface area is 287 Å². The maximum atomic E-state index is 13.7. The summed E-state index contributed by atoms with van der Waals surface area (Å²) in [5.41, 5.74) is 2.38. The monoisotopic (exact) mass is 711 g/mol. The number of aldehydes is 1. The number of likely N-dealkylation sites (N-methyl/N-ethyl adjacent to an activating group) is 1. The van der Waals surface area contributed by atoms with Crippen LogP contribution in [0.5, 0.6) is 0 Å². The summed E-state index contributed by atoms with van der Waals surface area (Å²) in [4.78, 5) is 34.5. The van der Waals surface area contributed by atoms with Crippen molar-refractivity contribution in [2.24, 2.45) is 17.8 Å². The van der Waals surface area contributed by atoms with E-state index in [4.69, 9.17) is 14.8 Å². The number of hydrogen-bond acceptors (Lipinski definition) is 9. The Morgan fingerprint density at radius 2 is 1.88 bits per heavy atom. The van der Waals surface area contributed by atoms with Crippen LogP contribution in [-0.4, -0.2) is 106 Å². The predicted octanol–water partition coefficient (Wildman–Crippen LogP) is 4.22. The third-order valence-corrected chi connectivity index (χ3v) is 9.90. The molecular weight excluding hydrogens is 665 g/mol. The zero-order valence-electron chi connectivity index (χ0n) is 28.6. The number of alkyl halides is 5. The SMILES string of the molecule is CN(C)CCn1nccc1C=O.CNC(c1cn2nc(CC3CC(C(F)(F)F)CNC3=O)c(C3CCOCC3)nc2n1)C1CCC(F)(F)CC1. The number of imidazole rings is 1. The number of carbonyl (C=O) groups is 2. The first-order chi connectivity index (χ1) is 23.8. The van der Waals surface area contributed by atoms with Crippen molar-refractivity contribution in [2.75, 3.05) is 47.4 Å². The molecule has 3 aromatic heterocycles. The van der Waals surface area contributed by atoms with Gasteiger partial charge in [0.15, 0.2) is 6.29 Å². The predicted molar refractivity (Wildman–Crippen MR) is 173 cm³/mol. The van der Waals surface area contributed by atoms with Gasteiger partial charge in [0, 0.05) is 63.6 Å². The average Bonchev–Trinajstić information content (AvgIpc) is 3.72. The van der Waals surface area contributed by atoms with Crippen LogP contribution >= 0.6 is 0 Å². The number of carbonyl (C=O) groups excluding carboxylic acids is 2. The van der Waals surface area contributed by atoms with Crippen LogP contribution in [-0.2, 0) is 22.5 Å². The standard InChI is InChI=1S/C25H33F5N6O2.C8H13N3O/c1-31-20(14-2-6-24(26,27)7-3-14)19-13-36-23(33-19)34-21(15-4-8-38-9-5-15)18(35-36)11-16-10-17(25(28,29)30)12-32-22(16)37;1-10(2)5-6-11-8(7-12)3-4-9-11/h13-17,20,31H,2-12H2,1H3,(H,32,37);3-4,7H,5-6H2,1-2H3. The molecule has 3 aromatic rings. The molecule has 6 rings (SSSR count). The van der Waals surface area contributed by atoms with Crippen molar-refractivity contribution in [3.63, 3.8) is 0 Å². The number of hydrogen-bond donors (Lipinski definition) is 2. The Morgan fingerprint density at radius 1 is 1.16 bits per heavy atom. The van der Waals surface area contributed by atoms with Gasteiger partial charge in [0.2, 0.25) is 11.8 Å². The van der Waals surface area contributed by atoms with Gasteiger partial charge in [-0.05, 0) is 65.2 Å². The molecule has 5 heterocycles. The first-order valence-corrected chi connectivity index (χ1v) is 17.1. The highest BCUT2D eigenvalue weighted by atomic mass is 19.4. The topological polar surface area (TPSA) is 132 Å². The molecule has 276 valence electrons. The minimum absolute atomic E-state index is 0.0119. The molecule has 3 unspecified atom stereocenters. The van der Waals surface area contributed by atoms with Gasteiger partial charge in [-0.15, -0.1) is 0 Å². The zero-order valence-corrected chi connectivity index (χ0v) is 28.6. The highest BCUT2D eigenvalue weighted by Crippen LogP contribution is 2.41. The van der Waals surface area contributed by atoms with Crippen LogP contribution in [0.2, 0.25) is 0 Å². The highest BCUT2D eigenvalue weighted by molar-refractivity contribution is 5.79. The smallest absolute Gasteiger partial charge is 0.381 e. The van der Waals surface area contributed by atoms with Gasteiger partial charge in [0.1, 0.15) is 5.69 Å². The lowest BCUT2D eigenvalue weighted by Crippen LogP contribution is -2.47. The first kappa shape index (κ1) is 37.7. The van der Waals surface area contributed by atoms with Crippen molar-refractivity contribution < 1.29 is 36.3 Å². The molecule has 0 radical (unpaired) electrons. The van der Waals surface area contributed by atoms with Crippen LogP contribution in [0, 0.1) is 17.8 Å². The average molecular weight is 712 g/mol. The van der Waals surface area contributed by atoms with E-state index in [1.165, 1.54) is 4.52 Å². The molecular formula is C33H46F5N9O3. The summed E-state index contributed by atoms with van der Waals surface area (Å²) in [6.45, 7) is 2.30. The second-order valence-corrected chi connectivity index (χ2v) is 13.7. The first-order valence-electron chi connectivity index (χ1n) is 17.1. The molecule has 50 heavy (non-hydrogen) atoms. The fraction of sp³-hybridized carbons (Fsp3) is 0.697. The van der Waals surface area contributed by atoms with Crippen molar-refractivity contribution in [1.82, 2.24) is 44.9 Å². The van der Waals surface area contributed by atoms with Crippen molar-refractivity contribution in [3.05, 3.63) is 41.2 Å². The van der Waals surface area contributed by atoms with Gasteiger partial charge in [-0.2, -0.15) is 23.4 Å². The van der Waals surface area contributed by atoms with Gasteiger partial charge < -0.3 is 20.3 Å². The summed E-state index contributed by atoms with van der Waals surface area (Å²) in [7, 11) is 5.74. The zero-order chi connectivity index (χ0) is 36.1. The third-order valence-electron chi connectivity index (χ3n) is 9.90. The molecule has 1 amide bonds. The second kappa shape index (κ2) is 16.2. The Morgan fingerprint density at radius 3 is 2.52 bits per heavy atom. The number of ether oxygens (including phenoxy) is 1. The van der Waals surface area contributed by atoms with Crippen molar-refractivity contribution in [3.8, 4) is 0 Å². The minimum atomic E-state index is -4.39. The molecule has 1 saturated carbocycles. The largest absolute Gasteiger partial charge is 0.393 e. The van der Waals surface area contributed by atoms with Crippen LogP contribution in [0.15, 0.2) is 18.5 Å². The normalized spacial score (nSPS) is 22.6. The molecule has 2 aliphatic heterocycles. The van der Waals surface area contributed by atoms with Crippen molar-refractivity contribution >= 4 is 18.0 Å². The summed E-state index contributed by atoms with van der Waals surface area (Å²) in [5, 5.41) is 14.3. The van der Waals surface area contributed by atoms with Crippen molar-refractivity contribution in [1.29, 1.82) is 0 Å². The maximum Gasteiger partial charge on any atom is 0.393 e. The lowest BCUT2D eigenvalue weighted by Gasteiger charge is -2.32.